The van der Waals surface area contributed by atoms with Crippen molar-refractivity contribution in [3.05, 3.63) is 29.6 Å². The summed E-state index contributed by atoms with van der Waals surface area (Å²) in [5.74, 6) is -0.938. The number of halogens is 4. The number of benzene rings is 1. The highest BCUT2D eigenvalue weighted by atomic mass is 32.3. The molecule has 0 bridgehead atoms. The van der Waals surface area contributed by atoms with E-state index in [2.05, 4.69) is 0 Å². The highest BCUT2D eigenvalue weighted by molar-refractivity contribution is 7.95. The van der Waals surface area contributed by atoms with E-state index in [1.54, 1.807) is 6.92 Å². The van der Waals surface area contributed by atoms with Crippen molar-refractivity contribution in [1.82, 2.24) is 4.31 Å². The van der Waals surface area contributed by atoms with Gasteiger partial charge < -0.3 is 9.29 Å². The van der Waals surface area contributed by atoms with Crippen LogP contribution in [0, 0.1) is 12.7 Å². The largest absolute Gasteiger partial charge is 0.598 e. The first-order chi connectivity index (χ1) is 10.1. The molecule has 0 saturated carbocycles. The lowest BCUT2D eigenvalue weighted by atomic mass is 10.2. The van der Waals surface area contributed by atoms with Gasteiger partial charge in [-0.15, -0.1) is 4.31 Å². The topological polar surface area (TPSA) is 52.6 Å². The molecule has 1 aromatic carbocycles. The SMILES string of the molecule is Cc1cc(F)ccc1OC1CN([S+](=O)([O-])CCC(F)(F)F)C1. The fourth-order valence-corrected chi connectivity index (χ4v) is 3.54. The summed E-state index contributed by atoms with van der Waals surface area (Å²) in [7, 11) is -3.93. The van der Waals surface area contributed by atoms with Crippen molar-refractivity contribution in [2.24, 2.45) is 0 Å². The number of ether oxygens (including phenoxy) is 1. The number of sulfonamides is 1. The second-order valence-corrected chi connectivity index (χ2v) is 7.24. The first-order valence-corrected chi connectivity index (χ1v) is 8.15. The van der Waals surface area contributed by atoms with Gasteiger partial charge >= 0.3 is 6.18 Å². The normalized spacial score (nSPS) is 19.5. The van der Waals surface area contributed by atoms with Crippen LogP contribution in [0.5, 0.6) is 5.75 Å². The minimum absolute atomic E-state index is 0.00297. The molecule has 4 nitrogen and oxygen atoms in total. The first-order valence-electron chi connectivity index (χ1n) is 6.54. The molecule has 1 atom stereocenters. The van der Waals surface area contributed by atoms with Gasteiger partial charge in [0.2, 0.25) is 0 Å². The van der Waals surface area contributed by atoms with E-state index in [9.17, 15) is 26.3 Å². The maximum atomic E-state index is 12.9. The molecule has 2 rings (SSSR count). The van der Waals surface area contributed by atoms with E-state index in [1.165, 1.54) is 18.2 Å². The van der Waals surface area contributed by atoms with Gasteiger partial charge in [-0.2, -0.15) is 13.2 Å². The van der Waals surface area contributed by atoms with Crippen LogP contribution in [0.15, 0.2) is 18.2 Å². The van der Waals surface area contributed by atoms with Crippen molar-refractivity contribution in [3.63, 3.8) is 0 Å². The van der Waals surface area contributed by atoms with Crippen molar-refractivity contribution in [2.45, 2.75) is 25.6 Å². The second kappa shape index (κ2) is 6.13. The van der Waals surface area contributed by atoms with Crippen LogP contribution in [0.25, 0.3) is 0 Å². The van der Waals surface area contributed by atoms with Crippen LogP contribution in [0.4, 0.5) is 17.6 Å². The summed E-state index contributed by atoms with van der Waals surface area (Å²) in [6.07, 6.45) is -6.31. The number of rotatable bonds is 5. The lowest BCUT2D eigenvalue weighted by molar-refractivity contribution is -0.130. The highest BCUT2D eigenvalue weighted by Gasteiger charge is 2.43. The van der Waals surface area contributed by atoms with Gasteiger partial charge in [0.15, 0.2) is 0 Å². The zero-order valence-corrected chi connectivity index (χ0v) is 12.5. The van der Waals surface area contributed by atoms with Crippen molar-refractivity contribution < 1.29 is 31.1 Å². The molecule has 1 heterocycles. The monoisotopic (exact) mass is 341 g/mol. The van der Waals surface area contributed by atoms with Crippen LogP contribution < -0.4 is 4.74 Å². The van der Waals surface area contributed by atoms with E-state index in [1.807, 2.05) is 0 Å². The van der Waals surface area contributed by atoms with Gasteiger partial charge in [-0.1, -0.05) is 4.21 Å². The predicted molar refractivity (Wildman–Crippen MR) is 71.5 cm³/mol. The standard InChI is InChI=1S/C13H15F4NO3S/c1-9-6-10(14)2-3-12(9)21-11-7-18(8-11)22(19,20)5-4-13(15,16)17/h2-3,6,11H,4-5,7-8H2,1H3. The van der Waals surface area contributed by atoms with Crippen molar-refractivity contribution in [1.29, 1.82) is 0 Å². The lowest BCUT2D eigenvalue weighted by Gasteiger charge is -2.39. The van der Waals surface area contributed by atoms with E-state index < -0.39 is 40.7 Å². The minimum Gasteiger partial charge on any atom is -0.598 e. The maximum Gasteiger partial charge on any atom is 0.393 e. The molecule has 1 unspecified atom stereocenters. The maximum absolute atomic E-state index is 12.9. The average Bonchev–Trinajstić information content (AvgIpc) is 2.32. The van der Waals surface area contributed by atoms with Crippen molar-refractivity contribution >= 4 is 10.4 Å². The van der Waals surface area contributed by atoms with Crippen molar-refractivity contribution in [2.75, 3.05) is 18.8 Å². The Hall–Kier alpha value is -1.19. The Morgan fingerprint density at radius 2 is 2.05 bits per heavy atom. The van der Waals surface area contributed by atoms with Crippen LogP contribution in [0.1, 0.15) is 12.0 Å². The predicted octanol–water partition coefficient (Wildman–Crippen LogP) is 2.69. The molecular weight excluding hydrogens is 326 g/mol. The minimum atomic E-state index is -4.50. The zero-order chi connectivity index (χ0) is 16.5. The molecule has 0 amide bonds. The van der Waals surface area contributed by atoms with Crippen LogP contribution >= 0.6 is 0 Å². The molecule has 124 valence electrons. The fourth-order valence-electron chi connectivity index (χ4n) is 2.00. The molecule has 1 saturated heterocycles. The summed E-state index contributed by atoms with van der Waals surface area (Å²) < 4.78 is 79.0. The van der Waals surface area contributed by atoms with Gasteiger partial charge in [0.1, 0.15) is 33.8 Å². The molecule has 0 spiro atoms. The molecule has 0 N–H and O–H groups in total. The summed E-state index contributed by atoms with van der Waals surface area (Å²) >= 11 is 0. The molecular formula is C13H15F4NO3S. The van der Waals surface area contributed by atoms with E-state index in [4.69, 9.17) is 4.74 Å². The Morgan fingerprint density at radius 3 is 2.59 bits per heavy atom. The van der Waals surface area contributed by atoms with E-state index in [-0.39, 0.29) is 13.1 Å². The number of nitrogens with zero attached hydrogens (tertiary/aromatic N) is 1. The Bertz CT molecular complexity index is 587. The van der Waals surface area contributed by atoms with Gasteiger partial charge in [0, 0.05) is 0 Å². The smallest absolute Gasteiger partial charge is 0.393 e. The van der Waals surface area contributed by atoms with Crippen LogP contribution in [-0.2, 0) is 14.6 Å². The average molecular weight is 341 g/mol. The van der Waals surface area contributed by atoms with Gasteiger partial charge in [-0.05, 0) is 30.7 Å². The van der Waals surface area contributed by atoms with E-state index >= 15 is 0 Å². The third-order valence-electron chi connectivity index (χ3n) is 3.28. The Morgan fingerprint density at radius 1 is 1.41 bits per heavy atom. The van der Waals surface area contributed by atoms with Gasteiger partial charge in [0.05, 0.1) is 19.5 Å². The third kappa shape index (κ3) is 4.40. The van der Waals surface area contributed by atoms with Crippen LogP contribution in [0.2, 0.25) is 0 Å². The lowest BCUT2D eigenvalue weighted by Crippen LogP contribution is -2.59. The summed E-state index contributed by atoms with van der Waals surface area (Å²) in [5, 5.41) is 0. The molecule has 9 heteroatoms. The summed E-state index contributed by atoms with van der Waals surface area (Å²) in [5.41, 5.74) is 0.568. The summed E-state index contributed by atoms with van der Waals surface area (Å²) in [6, 6.07) is 3.94. The second-order valence-electron chi connectivity index (χ2n) is 5.15. The summed E-state index contributed by atoms with van der Waals surface area (Å²) in [4.78, 5) is 0. The Kier molecular flexibility index (Phi) is 4.78. The highest BCUT2D eigenvalue weighted by Crippen LogP contribution is 2.28. The number of hydrogen-bond acceptors (Lipinski definition) is 3. The van der Waals surface area contributed by atoms with E-state index in [0.29, 0.717) is 11.3 Å². The molecule has 0 radical (unpaired) electrons. The summed E-state index contributed by atoms with van der Waals surface area (Å²) in [6.45, 7) is 1.64. The molecule has 1 aromatic rings. The Labute approximate surface area is 126 Å². The quantitative estimate of drug-likeness (QED) is 0.611. The van der Waals surface area contributed by atoms with Gasteiger partial charge in [0.25, 0.3) is 0 Å². The molecule has 22 heavy (non-hydrogen) atoms. The molecule has 1 fully saturated rings. The van der Waals surface area contributed by atoms with Crippen LogP contribution in [-0.4, -0.2) is 40.0 Å². The fraction of sp³-hybridized carbons (Fsp3) is 0.538. The number of alkyl halides is 3. The van der Waals surface area contributed by atoms with Gasteiger partial charge in [-0.3, -0.25) is 0 Å². The van der Waals surface area contributed by atoms with Gasteiger partial charge in [-0.25, -0.2) is 4.39 Å². The first kappa shape index (κ1) is 17.2. The number of aryl methyl sites for hydroxylation is 1. The molecule has 1 aliphatic heterocycles. The molecule has 1 aliphatic rings. The van der Waals surface area contributed by atoms with Crippen molar-refractivity contribution in [3.8, 4) is 5.75 Å². The van der Waals surface area contributed by atoms with E-state index in [0.717, 1.165) is 4.31 Å². The zero-order valence-electron chi connectivity index (χ0n) is 11.7. The Balaban J connectivity index is 1.85. The molecule has 0 aliphatic carbocycles. The number of hydrogen-bond donors (Lipinski definition) is 0. The third-order valence-corrected chi connectivity index (χ3v) is 5.09. The van der Waals surface area contributed by atoms with Crippen LogP contribution in [0.3, 0.4) is 0 Å². The molecule has 0 aromatic heterocycles.